The molecule has 0 radical (unpaired) electrons. The third-order valence-corrected chi connectivity index (χ3v) is 7.89. The number of rotatable bonds is 7. The number of nitrogens with zero attached hydrogens (tertiary/aromatic N) is 1. The molecule has 1 aromatic heterocycles. The van der Waals surface area contributed by atoms with Crippen molar-refractivity contribution in [2.75, 3.05) is 22.7 Å². The van der Waals surface area contributed by atoms with Gasteiger partial charge in [-0.15, -0.1) is 0 Å². The average Bonchev–Trinajstić information content (AvgIpc) is 3.26. The Balaban J connectivity index is 1.13. The Morgan fingerprint density at radius 2 is 1.68 bits per heavy atom. The van der Waals surface area contributed by atoms with Crippen molar-refractivity contribution in [3.63, 3.8) is 0 Å². The number of fused-ring (bicyclic) bond motifs is 1. The molecule has 0 aliphatic carbocycles. The van der Waals surface area contributed by atoms with Crippen molar-refractivity contribution in [2.45, 2.75) is 30.3 Å². The Morgan fingerprint density at radius 3 is 2.41 bits per heavy atom. The van der Waals surface area contributed by atoms with Crippen LogP contribution in [0.1, 0.15) is 18.5 Å². The first kappa shape index (κ1) is 22.8. The van der Waals surface area contributed by atoms with E-state index in [-0.39, 0.29) is 4.90 Å². The van der Waals surface area contributed by atoms with Gasteiger partial charge in [0.25, 0.3) is 10.0 Å². The van der Waals surface area contributed by atoms with Gasteiger partial charge in [-0.3, -0.25) is 4.72 Å². The molecule has 6 nitrogen and oxygen atoms in total. The van der Waals surface area contributed by atoms with Crippen LogP contribution in [-0.2, 0) is 16.6 Å². The molecule has 0 unspecified atom stereocenters. The van der Waals surface area contributed by atoms with Gasteiger partial charge in [-0.25, -0.2) is 8.42 Å². The Hall–Kier alpha value is -3.00. The number of anilines is 2. The molecule has 3 N–H and O–H groups in total. The van der Waals surface area contributed by atoms with Gasteiger partial charge < -0.3 is 15.2 Å². The summed E-state index contributed by atoms with van der Waals surface area (Å²) in [7, 11) is -3.58. The molecule has 176 valence electrons. The summed E-state index contributed by atoms with van der Waals surface area (Å²) in [5.41, 5.74) is 3.93. The van der Waals surface area contributed by atoms with Gasteiger partial charge in [-0.05, 0) is 73.5 Å². The van der Waals surface area contributed by atoms with Crippen LogP contribution in [0.25, 0.3) is 10.9 Å². The lowest BCUT2D eigenvalue weighted by Gasteiger charge is -2.34. The number of nitrogens with one attached hydrogen (secondary N) is 3. The van der Waals surface area contributed by atoms with Gasteiger partial charge >= 0.3 is 0 Å². The van der Waals surface area contributed by atoms with E-state index in [4.69, 9.17) is 11.6 Å². The van der Waals surface area contributed by atoms with Gasteiger partial charge in [-0.1, -0.05) is 29.8 Å². The lowest BCUT2D eigenvalue weighted by atomic mass is 10.0. The van der Waals surface area contributed by atoms with Crippen molar-refractivity contribution >= 4 is 43.9 Å². The van der Waals surface area contributed by atoms with Gasteiger partial charge in [0, 0.05) is 58.7 Å². The molecule has 0 spiro atoms. The number of aromatic nitrogens is 1. The van der Waals surface area contributed by atoms with Crippen LogP contribution in [0.3, 0.4) is 0 Å². The Bertz CT molecular complexity index is 1360. The number of H-pyrrole nitrogens is 1. The predicted octanol–water partition coefficient (Wildman–Crippen LogP) is 5.38. The second-order valence-corrected chi connectivity index (χ2v) is 10.8. The maximum atomic E-state index is 12.5. The molecule has 0 saturated carbocycles. The molecule has 1 saturated heterocycles. The van der Waals surface area contributed by atoms with Gasteiger partial charge in [-0.2, -0.15) is 0 Å². The first-order chi connectivity index (χ1) is 16.5. The van der Waals surface area contributed by atoms with E-state index in [2.05, 4.69) is 26.0 Å². The molecule has 5 rings (SSSR count). The second-order valence-electron chi connectivity index (χ2n) is 8.63. The zero-order valence-corrected chi connectivity index (χ0v) is 20.2. The van der Waals surface area contributed by atoms with E-state index in [1.165, 1.54) is 0 Å². The molecule has 1 fully saturated rings. The summed E-state index contributed by atoms with van der Waals surface area (Å²) in [6.07, 6.45) is 2.10. The van der Waals surface area contributed by atoms with E-state index in [0.29, 0.717) is 11.7 Å². The molecule has 2 heterocycles. The molecule has 34 heavy (non-hydrogen) atoms. The van der Waals surface area contributed by atoms with Gasteiger partial charge in [0.05, 0.1) is 4.90 Å². The van der Waals surface area contributed by atoms with Crippen LogP contribution in [0, 0.1) is 0 Å². The molecule has 0 bridgehead atoms. The lowest BCUT2D eigenvalue weighted by Crippen LogP contribution is -2.42. The maximum absolute atomic E-state index is 12.5. The largest absolute Gasteiger partial charge is 0.371 e. The van der Waals surface area contributed by atoms with E-state index in [0.717, 1.165) is 59.8 Å². The third kappa shape index (κ3) is 5.22. The van der Waals surface area contributed by atoms with Crippen LogP contribution in [0.2, 0.25) is 5.02 Å². The highest BCUT2D eigenvalue weighted by atomic mass is 35.5. The van der Waals surface area contributed by atoms with Crippen LogP contribution >= 0.6 is 11.6 Å². The van der Waals surface area contributed by atoms with Gasteiger partial charge in [0.1, 0.15) is 0 Å². The number of hydrogen-bond acceptors (Lipinski definition) is 4. The summed E-state index contributed by atoms with van der Waals surface area (Å²) in [6.45, 7) is 2.71. The van der Waals surface area contributed by atoms with Crippen LogP contribution in [-0.4, -0.2) is 32.5 Å². The summed E-state index contributed by atoms with van der Waals surface area (Å²) < 4.78 is 27.7. The van der Waals surface area contributed by atoms with Crippen molar-refractivity contribution in [1.29, 1.82) is 0 Å². The highest BCUT2D eigenvalue weighted by Gasteiger charge is 2.20. The zero-order valence-electron chi connectivity index (χ0n) is 18.7. The van der Waals surface area contributed by atoms with Crippen LogP contribution in [0.4, 0.5) is 11.4 Å². The van der Waals surface area contributed by atoms with Crippen molar-refractivity contribution < 1.29 is 8.42 Å². The summed E-state index contributed by atoms with van der Waals surface area (Å²) >= 11 is 6.09. The molecular weight excluding hydrogens is 468 g/mol. The standard InChI is InChI=1S/C26H27ClN4O2S/c27-20-6-11-26-19(16-20)17-23(29-26)18-28-21-12-14-31(15-13-21)24-9-7-22(8-10-24)30-34(32,33)25-4-2-1-3-5-25/h1-11,16-17,21,28-30H,12-15,18H2. The fourth-order valence-electron chi connectivity index (χ4n) is 4.41. The summed E-state index contributed by atoms with van der Waals surface area (Å²) in [5, 5.41) is 5.55. The Labute approximate surface area is 205 Å². The minimum absolute atomic E-state index is 0.255. The van der Waals surface area contributed by atoms with E-state index in [1.54, 1.807) is 30.3 Å². The van der Waals surface area contributed by atoms with Crippen LogP contribution in [0.15, 0.2) is 83.8 Å². The Morgan fingerprint density at radius 1 is 0.941 bits per heavy atom. The zero-order chi connectivity index (χ0) is 23.5. The summed E-state index contributed by atoms with van der Waals surface area (Å²) in [6, 6.07) is 24.5. The fraction of sp³-hybridized carbons (Fsp3) is 0.231. The molecule has 1 aliphatic rings. The number of benzene rings is 3. The normalized spacial score (nSPS) is 15.0. The minimum Gasteiger partial charge on any atom is -0.371 e. The fourth-order valence-corrected chi connectivity index (χ4v) is 5.67. The molecule has 1 aliphatic heterocycles. The number of sulfonamides is 1. The first-order valence-electron chi connectivity index (χ1n) is 11.4. The number of halogens is 1. The smallest absolute Gasteiger partial charge is 0.261 e. The number of aromatic amines is 1. The number of piperidine rings is 1. The third-order valence-electron chi connectivity index (χ3n) is 6.25. The van der Waals surface area contributed by atoms with Crippen molar-refractivity contribution in [1.82, 2.24) is 10.3 Å². The van der Waals surface area contributed by atoms with Crippen molar-refractivity contribution in [2.24, 2.45) is 0 Å². The summed E-state index contributed by atoms with van der Waals surface area (Å²) in [4.78, 5) is 6.05. The van der Waals surface area contributed by atoms with Gasteiger partial charge in [0.15, 0.2) is 0 Å². The molecule has 0 atom stereocenters. The van der Waals surface area contributed by atoms with E-state index < -0.39 is 10.0 Å². The van der Waals surface area contributed by atoms with E-state index in [1.807, 2.05) is 42.5 Å². The van der Waals surface area contributed by atoms with E-state index >= 15 is 0 Å². The second kappa shape index (κ2) is 9.70. The SMILES string of the molecule is O=S(=O)(Nc1ccc(N2CCC(NCc3cc4cc(Cl)ccc4[nH]3)CC2)cc1)c1ccccc1. The maximum Gasteiger partial charge on any atom is 0.261 e. The lowest BCUT2D eigenvalue weighted by molar-refractivity contribution is 0.412. The highest BCUT2D eigenvalue weighted by Crippen LogP contribution is 2.24. The summed E-state index contributed by atoms with van der Waals surface area (Å²) in [5.74, 6) is 0. The monoisotopic (exact) mass is 494 g/mol. The highest BCUT2D eigenvalue weighted by molar-refractivity contribution is 7.92. The minimum atomic E-state index is -3.58. The molecule has 8 heteroatoms. The Kier molecular flexibility index (Phi) is 6.50. The van der Waals surface area contributed by atoms with Crippen molar-refractivity contribution in [3.8, 4) is 0 Å². The van der Waals surface area contributed by atoms with E-state index in [9.17, 15) is 8.42 Å². The average molecular weight is 495 g/mol. The molecule has 0 amide bonds. The molecule has 3 aromatic carbocycles. The number of hydrogen-bond donors (Lipinski definition) is 3. The van der Waals surface area contributed by atoms with Crippen LogP contribution in [0.5, 0.6) is 0 Å². The molecule has 4 aromatic rings. The first-order valence-corrected chi connectivity index (χ1v) is 13.3. The van der Waals surface area contributed by atoms with Crippen LogP contribution < -0.4 is 14.9 Å². The topological polar surface area (TPSA) is 77.2 Å². The molecular formula is C26H27ClN4O2S. The predicted molar refractivity (Wildman–Crippen MR) is 139 cm³/mol. The van der Waals surface area contributed by atoms with Crippen molar-refractivity contribution in [3.05, 3.63) is 89.6 Å². The van der Waals surface area contributed by atoms with Gasteiger partial charge in [0.2, 0.25) is 0 Å². The quantitative estimate of drug-likeness (QED) is 0.322.